The molecular weight excluding hydrogens is 276 g/mol. The number of rotatable bonds is 4. The molecule has 5 heteroatoms. The first kappa shape index (κ1) is 15.7. The Morgan fingerprint density at radius 3 is 2.36 bits per heavy atom. The van der Waals surface area contributed by atoms with Crippen molar-refractivity contribution in [1.29, 1.82) is 0 Å². The summed E-state index contributed by atoms with van der Waals surface area (Å²) < 4.78 is 5.46. The molecule has 2 aliphatic heterocycles. The van der Waals surface area contributed by atoms with E-state index in [9.17, 15) is 0 Å². The molecule has 1 aromatic heterocycles. The lowest BCUT2D eigenvalue weighted by atomic mass is 9.89. The summed E-state index contributed by atoms with van der Waals surface area (Å²) in [6.45, 7) is 10.6. The number of aryl methyl sites for hydroxylation is 1. The molecule has 3 rings (SSSR count). The number of nitrogens with zero attached hydrogens (tertiary/aromatic N) is 4. The lowest BCUT2D eigenvalue weighted by molar-refractivity contribution is 0.00446. The normalized spacial score (nSPS) is 22.7. The van der Waals surface area contributed by atoms with E-state index in [1.807, 2.05) is 12.4 Å². The molecule has 5 nitrogen and oxygen atoms in total. The first-order chi connectivity index (χ1) is 10.8. The van der Waals surface area contributed by atoms with Gasteiger partial charge >= 0.3 is 0 Å². The summed E-state index contributed by atoms with van der Waals surface area (Å²) in [6, 6.07) is 0.662. The van der Waals surface area contributed by atoms with Gasteiger partial charge in [0.15, 0.2) is 0 Å². The van der Waals surface area contributed by atoms with Crippen molar-refractivity contribution in [2.45, 2.75) is 39.2 Å². The van der Waals surface area contributed by atoms with Crippen molar-refractivity contribution in [3.05, 3.63) is 18.0 Å². The lowest BCUT2D eigenvalue weighted by Gasteiger charge is -2.41. The molecule has 0 aliphatic carbocycles. The standard InChI is InChI=1S/C17H28N4O/c1-3-15-12-18-17(19-13-15)21-6-4-16(5-7-21)14(2)20-8-10-22-11-9-20/h12-14,16H,3-11H2,1-2H3/t14-/m1/s1. The summed E-state index contributed by atoms with van der Waals surface area (Å²) in [5.41, 5.74) is 1.21. The smallest absolute Gasteiger partial charge is 0.225 e. The quantitative estimate of drug-likeness (QED) is 0.851. The van der Waals surface area contributed by atoms with E-state index in [1.54, 1.807) is 0 Å². The van der Waals surface area contributed by atoms with Gasteiger partial charge in [-0.2, -0.15) is 0 Å². The van der Waals surface area contributed by atoms with Crippen LogP contribution in [0.3, 0.4) is 0 Å². The van der Waals surface area contributed by atoms with Crippen molar-refractivity contribution in [2.75, 3.05) is 44.3 Å². The van der Waals surface area contributed by atoms with Crippen LogP contribution < -0.4 is 4.90 Å². The fraction of sp³-hybridized carbons (Fsp3) is 0.765. The lowest BCUT2D eigenvalue weighted by Crippen LogP contribution is -2.48. The molecule has 0 saturated carbocycles. The maximum Gasteiger partial charge on any atom is 0.225 e. The molecule has 0 radical (unpaired) electrons. The number of hydrogen-bond acceptors (Lipinski definition) is 5. The monoisotopic (exact) mass is 304 g/mol. The molecule has 0 aromatic carbocycles. The van der Waals surface area contributed by atoms with Crippen LogP contribution in [0.15, 0.2) is 12.4 Å². The maximum atomic E-state index is 5.46. The van der Waals surface area contributed by atoms with Crippen LogP contribution in [0.2, 0.25) is 0 Å². The van der Waals surface area contributed by atoms with Gasteiger partial charge in [0.05, 0.1) is 13.2 Å². The van der Waals surface area contributed by atoms with E-state index < -0.39 is 0 Å². The van der Waals surface area contributed by atoms with Crippen molar-refractivity contribution in [3.63, 3.8) is 0 Å². The number of morpholine rings is 1. The van der Waals surface area contributed by atoms with E-state index in [-0.39, 0.29) is 0 Å². The number of aromatic nitrogens is 2. The van der Waals surface area contributed by atoms with Crippen molar-refractivity contribution in [2.24, 2.45) is 5.92 Å². The summed E-state index contributed by atoms with van der Waals surface area (Å²) in [5.74, 6) is 1.68. The molecule has 1 atom stereocenters. The zero-order valence-electron chi connectivity index (χ0n) is 13.9. The Kier molecular flexibility index (Phi) is 5.26. The van der Waals surface area contributed by atoms with Crippen LogP contribution in [0.1, 0.15) is 32.3 Å². The van der Waals surface area contributed by atoms with Crippen LogP contribution >= 0.6 is 0 Å². The summed E-state index contributed by atoms with van der Waals surface area (Å²) in [4.78, 5) is 14.0. The van der Waals surface area contributed by atoms with Gasteiger partial charge in [0, 0.05) is 44.6 Å². The maximum absolute atomic E-state index is 5.46. The average Bonchev–Trinajstić information content (AvgIpc) is 2.62. The summed E-state index contributed by atoms with van der Waals surface area (Å²) in [6.07, 6.45) is 7.39. The van der Waals surface area contributed by atoms with Crippen LogP contribution in [0.4, 0.5) is 5.95 Å². The third kappa shape index (κ3) is 3.58. The van der Waals surface area contributed by atoms with Crippen molar-refractivity contribution >= 4 is 5.95 Å². The second-order valence-corrected chi connectivity index (χ2v) is 6.46. The minimum Gasteiger partial charge on any atom is -0.379 e. The van der Waals surface area contributed by atoms with Crippen LogP contribution in [0, 0.1) is 5.92 Å². The van der Waals surface area contributed by atoms with E-state index in [0.29, 0.717) is 6.04 Å². The largest absolute Gasteiger partial charge is 0.379 e. The van der Waals surface area contributed by atoms with Gasteiger partial charge in [-0.1, -0.05) is 6.92 Å². The summed E-state index contributed by atoms with van der Waals surface area (Å²) in [5, 5.41) is 0. The van der Waals surface area contributed by atoms with Gasteiger partial charge < -0.3 is 9.64 Å². The molecule has 0 unspecified atom stereocenters. The van der Waals surface area contributed by atoms with Gasteiger partial charge in [-0.25, -0.2) is 9.97 Å². The SMILES string of the molecule is CCc1cnc(N2CCC([C@@H](C)N3CCOCC3)CC2)nc1. The second kappa shape index (κ2) is 7.38. The Bertz CT molecular complexity index is 450. The van der Waals surface area contributed by atoms with Gasteiger partial charge in [-0.05, 0) is 37.7 Å². The van der Waals surface area contributed by atoms with Gasteiger partial charge in [-0.3, -0.25) is 4.90 Å². The van der Waals surface area contributed by atoms with E-state index in [1.165, 1.54) is 18.4 Å². The molecule has 0 amide bonds. The second-order valence-electron chi connectivity index (χ2n) is 6.46. The van der Waals surface area contributed by atoms with Gasteiger partial charge in [0.25, 0.3) is 0 Å². The van der Waals surface area contributed by atoms with Crippen LogP contribution in [0.5, 0.6) is 0 Å². The molecule has 2 aliphatic rings. The third-order valence-corrected chi connectivity index (χ3v) is 5.23. The third-order valence-electron chi connectivity index (χ3n) is 5.23. The van der Waals surface area contributed by atoms with Crippen LogP contribution in [0.25, 0.3) is 0 Å². The summed E-state index contributed by atoms with van der Waals surface area (Å²) in [7, 11) is 0. The Balaban J connectivity index is 1.52. The fourth-order valence-corrected chi connectivity index (χ4v) is 3.56. The Morgan fingerprint density at radius 2 is 1.77 bits per heavy atom. The van der Waals surface area contributed by atoms with Crippen molar-refractivity contribution < 1.29 is 4.74 Å². The highest BCUT2D eigenvalue weighted by molar-refractivity contribution is 5.30. The van der Waals surface area contributed by atoms with E-state index in [2.05, 4.69) is 33.6 Å². The van der Waals surface area contributed by atoms with Gasteiger partial charge in [-0.15, -0.1) is 0 Å². The first-order valence-corrected chi connectivity index (χ1v) is 8.65. The van der Waals surface area contributed by atoms with E-state index in [4.69, 9.17) is 4.74 Å². The Labute approximate surface area is 133 Å². The molecule has 0 N–H and O–H groups in total. The predicted molar refractivity (Wildman–Crippen MR) is 88.2 cm³/mol. The highest BCUT2D eigenvalue weighted by Crippen LogP contribution is 2.26. The zero-order valence-corrected chi connectivity index (χ0v) is 13.9. The van der Waals surface area contributed by atoms with Gasteiger partial charge in [0.2, 0.25) is 5.95 Å². The Morgan fingerprint density at radius 1 is 1.14 bits per heavy atom. The minimum atomic E-state index is 0.662. The van der Waals surface area contributed by atoms with Crippen LogP contribution in [-0.4, -0.2) is 60.3 Å². The molecule has 2 saturated heterocycles. The molecule has 1 aromatic rings. The summed E-state index contributed by atoms with van der Waals surface area (Å²) >= 11 is 0. The van der Waals surface area contributed by atoms with Crippen LogP contribution in [-0.2, 0) is 11.2 Å². The fourth-order valence-electron chi connectivity index (χ4n) is 3.56. The number of hydrogen-bond donors (Lipinski definition) is 0. The molecule has 122 valence electrons. The number of ether oxygens (including phenoxy) is 1. The predicted octanol–water partition coefficient (Wildman–Crippen LogP) is 1.98. The Hall–Kier alpha value is -1.20. The molecule has 0 spiro atoms. The number of anilines is 1. The zero-order chi connectivity index (χ0) is 15.4. The van der Waals surface area contributed by atoms with E-state index in [0.717, 1.165) is 57.7 Å². The van der Waals surface area contributed by atoms with E-state index >= 15 is 0 Å². The highest BCUT2D eigenvalue weighted by Gasteiger charge is 2.29. The molecule has 0 bridgehead atoms. The number of piperidine rings is 1. The molecule has 22 heavy (non-hydrogen) atoms. The average molecular weight is 304 g/mol. The van der Waals surface area contributed by atoms with Crippen molar-refractivity contribution in [3.8, 4) is 0 Å². The van der Waals surface area contributed by atoms with Crippen molar-refractivity contribution in [1.82, 2.24) is 14.9 Å². The minimum absolute atomic E-state index is 0.662. The van der Waals surface area contributed by atoms with Gasteiger partial charge in [0.1, 0.15) is 0 Å². The molecule has 2 fully saturated rings. The molecule has 3 heterocycles. The molecular formula is C17H28N4O. The topological polar surface area (TPSA) is 41.5 Å². The highest BCUT2D eigenvalue weighted by atomic mass is 16.5. The first-order valence-electron chi connectivity index (χ1n) is 8.65.